The Labute approximate surface area is 120 Å². The van der Waals surface area contributed by atoms with Crippen molar-refractivity contribution < 1.29 is 5.11 Å². The molecule has 0 unspecified atom stereocenters. The first-order chi connectivity index (χ1) is 8.51. The average molecular weight is 303 g/mol. The summed E-state index contributed by atoms with van der Waals surface area (Å²) in [4.78, 5) is 0.921. The van der Waals surface area contributed by atoms with Gasteiger partial charge < -0.3 is 5.11 Å². The molecule has 0 saturated carbocycles. The molecule has 18 heavy (non-hydrogen) atoms. The van der Waals surface area contributed by atoms with E-state index in [0.717, 1.165) is 21.2 Å². The maximum Gasteiger partial charge on any atom is 0.104 e. The molecule has 0 saturated heterocycles. The predicted molar refractivity (Wildman–Crippen MR) is 74.5 cm³/mol. The Balaban J connectivity index is 2.39. The lowest BCUT2D eigenvalue weighted by Crippen LogP contribution is -1.93. The van der Waals surface area contributed by atoms with Crippen LogP contribution in [-0.4, -0.2) is 14.9 Å². The number of aryl methyl sites for hydroxylation is 2. The van der Waals surface area contributed by atoms with Crippen LogP contribution in [0.15, 0.2) is 28.1 Å². The fourth-order valence-corrected chi connectivity index (χ4v) is 3.45. The topological polar surface area (TPSA) is 38.0 Å². The summed E-state index contributed by atoms with van der Waals surface area (Å²) in [5, 5.41) is 15.8. The summed E-state index contributed by atoms with van der Waals surface area (Å²) in [5.41, 5.74) is 1.66. The quantitative estimate of drug-likeness (QED) is 0.940. The molecule has 1 heterocycles. The fourth-order valence-electron chi connectivity index (χ4n) is 1.69. The van der Waals surface area contributed by atoms with Gasteiger partial charge in [0.25, 0.3) is 0 Å². The van der Waals surface area contributed by atoms with Crippen LogP contribution in [0.4, 0.5) is 0 Å². The van der Waals surface area contributed by atoms with Crippen LogP contribution < -0.4 is 0 Å². The van der Waals surface area contributed by atoms with Crippen LogP contribution in [0, 0.1) is 6.92 Å². The highest BCUT2D eigenvalue weighted by Gasteiger charge is 2.14. The molecular formula is C12H12Cl2N2OS. The molecule has 0 atom stereocenters. The fraction of sp³-hybridized carbons (Fsp3) is 0.250. The number of benzene rings is 1. The summed E-state index contributed by atoms with van der Waals surface area (Å²) in [7, 11) is 1.85. The third kappa shape index (κ3) is 2.83. The van der Waals surface area contributed by atoms with E-state index in [1.807, 2.05) is 26.1 Å². The SMILES string of the molecule is Cc1nn(C)c(Sc2cc(Cl)cc(Cl)c2)c1CO. The van der Waals surface area contributed by atoms with Crippen LogP contribution in [0.25, 0.3) is 0 Å². The van der Waals surface area contributed by atoms with E-state index in [0.29, 0.717) is 10.0 Å². The number of hydrogen-bond acceptors (Lipinski definition) is 3. The molecule has 3 nitrogen and oxygen atoms in total. The van der Waals surface area contributed by atoms with Crippen LogP contribution in [-0.2, 0) is 13.7 Å². The van der Waals surface area contributed by atoms with Gasteiger partial charge in [-0.05, 0) is 25.1 Å². The standard InChI is InChI=1S/C12H12Cl2N2OS/c1-7-11(6-17)12(16(2)15-7)18-10-4-8(13)3-9(14)5-10/h3-5,17H,6H2,1-2H3. The normalized spacial score (nSPS) is 10.9. The molecule has 0 aliphatic heterocycles. The molecule has 0 bridgehead atoms. The van der Waals surface area contributed by atoms with E-state index in [4.69, 9.17) is 23.2 Å². The lowest BCUT2D eigenvalue weighted by Gasteiger charge is -2.05. The molecule has 1 N–H and O–H groups in total. The zero-order chi connectivity index (χ0) is 13.3. The van der Waals surface area contributed by atoms with Gasteiger partial charge in [0.1, 0.15) is 5.03 Å². The number of nitrogens with zero attached hydrogens (tertiary/aromatic N) is 2. The van der Waals surface area contributed by atoms with Crippen molar-refractivity contribution in [1.29, 1.82) is 0 Å². The van der Waals surface area contributed by atoms with Gasteiger partial charge in [-0.25, -0.2) is 0 Å². The Morgan fingerprint density at radius 3 is 2.44 bits per heavy atom. The number of aliphatic hydroxyl groups is 1. The van der Waals surface area contributed by atoms with Gasteiger partial charge in [-0.2, -0.15) is 5.10 Å². The van der Waals surface area contributed by atoms with Crippen LogP contribution in [0.1, 0.15) is 11.3 Å². The molecule has 2 aromatic rings. The maximum absolute atomic E-state index is 9.38. The van der Waals surface area contributed by atoms with Crippen molar-refractivity contribution in [3.8, 4) is 0 Å². The smallest absolute Gasteiger partial charge is 0.104 e. The van der Waals surface area contributed by atoms with Crippen LogP contribution in [0.2, 0.25) is 10.0 Å². The van der Waals surface area contributed by atoms with E-state index in [1.165, 1.54) is 11.8 Å². The van der Waals surface area contributed by atoms with Crippen molar-refractivity contribution in [2.45, 2.75) is 23.5 Å². The minimum Gasteiger partial charge on any atom is -0.392 e. The van der Waals surface area contributed by atoms with E-state index < -0.39 is 0 Å². The first-order valence-corrected chi connectivity index (χ1v) is 6.85. The maximum atomic E-state index is 9.38. The molecular weight excluding hydrogens is 291 g/mol. The second kappa shape index (κ2) is 5.53. The molecule has 0 radical (unpaired) electrons. The highest BCUT2D eigenvalue weighted by Crippen LogP contribution is 2.34. The van der Waals surface area contributed by atoms with Gasteiger partial charge in [0.2, 0.25) is 0 Å². The van der Waals surface area contributed by atoms with Crippen LogP contribution >= 0.6 is 35.0 Å². The van der Waals surface area contributed by atoms with Gasteiger partial charge in [-0.3, -0.25) is 4.68 Å². The zero-order valence-electron chi connectivity index (χ0n) is 9.94. The molecule has 0 aliphatic carbocycles. The molecule has 0 spiro atoms. The monoisotopic (exact) mass is 302 g/mol. The molecule has 96 valence electrons. The van der Waals surface area contributed by atoms with Crippen molar-refractivity contribution in [2.24, 2.45) is 7.05 Å². The molecule has 0 fully saturated rings. The molecule has 6 heteroatoms. The third-order valence-corrected chi connectivity index (χ3v) is 4.11. The molecule has 0 aliphatic rings. The largest absolute Gasteiger partial charge is 0.392 e. The van der Waals surface area contributed by atoms with Gasteiger partial charge in [0.15, 0.2) is 0 Å². The summed E-state index contributed by atoms with van der Waals surface area (Å²) < 4.78 is 1.75. The van der Waals surface area contributed by atoms with Crippen molar-refractivity contribution >= 4 is 35.0 Å². The summed E-state index contributed by atoms with van der Waals surface area (Å²) in [6.07, 6.45) is 0. The van der Waals surface area contributed by atoms with Gasteiger partial charge in [0.05, 0.1) is 12.3 Å². The number of aliphatic hydroxyl groups excluding tert-OH is 1. The molecule has 2 rings (SSSR count). The minimum atomic E-state index is -0.0314. The summed E-state index contributed by atoms with van der Waals surface area (Å²) in [6, 6.07) is 5.36. The van der Waals surface area contributed by atoms with E-state index in [1.54, 1.807) is 10.7 Å². The Morgan fingerprint density at radius 1 is 1.28 bits per heavy atom. The Hall–Kier alpha value is -0.680. The summed E-state index contributed by atoms with van der Waals surface area (Å²) in [6.45, 7) is 1.84. The van der Waals surface area contributed by atoms with Gasteiger partial charge in [-0.1, -0.05) is 35.0 Å². The van der Waals surface area contributed by atoms with Gasteiger partial charge >= 0.3 is 0 Å². The first kappa shape index (κ1) is 13.7. The number of rotatable bonds is 3. The second-order valence-corrected chi connectivity index (χ2v) is 5.79. The third-order valence-electron chi connectivity index (χ3n) is 2.50. The van der Waals surface area contributed by atoms with Gasteiger partial charge in [-0.15, -0.1) is 0 Å². The Kier molecular flexibility index (Phi) is 4.22. The lowest BCUT2D eigenvalue weighted by atomic mass is 10.3. The van der Waals surface area contributed by atoms with Crippen molar-refractivity contribution in [1.82, 2.24) is 9.78 Å². The highest BCUT2D eigenvalue weighted by molar-refractivity contribution is 7.99. The minimum absolute atomic E-state index is 0.0314. The first-order valence-electron chi connectivity index (χ1n) is 5.28. The zero-order valence-corrected chi connectivity index (χ0v) is 12.3. The van der Waals surface area contributed by atoms with Crippen molar-refractivity contribution in [3.63, 3.8) is 0 Å². The Bertz CT molecular complexity index is 563. The van der Waals surface area contributed by atoms with E-state index in [-0.39, 0.29) is 6.61 Å². The van der Waals surface area contributed by atoms with Crippen molar-refractivity contribution in [3.05, 3.63) is 39.5 Å². The lowest BCUT2D eigenvalue weighted by molar-refractivity contribution is 0.277. The number of hydrogen-bond donors (Lipinski definition) is 1. The molecule has 0 amide bonds. The Morgan fingerprint density at radius 2 is 1.89 bits per heavy atom. The van der Waals surface area contributed by atoms with E-state index in [2.05, 4.69) is 5.10 Å². The van der Waals surface area contributed by atoms with E-state index >= 15 is 0 Å². The predicted octanol–water partition coefficient (Wildman–Crippen LogP) is 3.68. The average Bonchev–Trinajstić information content (AvgIpc) is 2.52. The van der Waals surface area contributed by atoms with Crippen LogP contribution in [0.3, 0.4) is 0 Å². The molecule has 1 aromatic heterocycles. The number of aromatic nitrogens is 2. The van der Waals surface area contributed by atoms with Crippen LogP contribution in [0.5, 0.6) is 0 Å². The number of halogens is 2. The molecule has 1 aromatic carbocycles. The van der Waals surface area contributed by atoms with E-state index in [9.17, 15) is 5.11 Å². The highest BCUT2D eigenvalue weighted by atomic mass is 35.5. The van der Waals surface area contributed by atoms with Crippen molar-refractivity contribution in [2.75, 3.05) is 0 Å². The second-order valence-electron chi connectivity index (χ2n) is 3.86. The van der Waals surface area contributed by atoms with Gasteiger partial charge in [0, 0.05) is 27.6 Å². The summed E-state index contributed by atoms with van der Waals surface area (Å²) >= 11 is 13.4. The summed E-state index contributed by atoms with van der Waals surface area (Å²) in [5.74, 6) is 0.